The normalized spacial score (nSPS) is 12.8. The number of nitrogens with two attached hydrogens (primary N) is 1. The minimum Gasteiger partial charge on any atom is -0.481 e. The third kappa shape index (κ3) is 4.35. The van der Waals surface area contributed by atoms with Crippen molar-refractivity contribution < 1.29 is 14.7 Å². The van der Waals surface area contributed by atoms with E-state index in [0.717, 1.165) is 0 Å². The number of carboxylic acids is 1. The number of benzene rings is 1. The standard InChI is InChI=1S/C15H22N2O3/c1-15(2,3)13(16)14(20)17(10-9-12(18)19)11-7-5-4-6-8-11/h4-8,13H,9-10,16H2,1-3H3,(H,18,19)/t13-/m0/s1. The van der Waals surface area contributed by atoms with E-state index in [2.05, 4.69) is 0 Å². The number of nitrogens with zero attached hydrogens (tertiary/aromatic N) is 1. The first kappa shape index (κ1) is 16.2. The smallest absolute Gasteiger partial charge is 0.305 e. The van der Waals surface area contributed by atoms with Gasteiger partial charge in [-0.05, 0) is 17.5 Å². The Kier molecular flexibility index (Phi) is 5.27. The van der Waals surface area contributed by atoms with Crippen molar-refractivity contribution in [3.05, 3.63) is 30.3 Å². The summed E-state index contributed by atoms with van der Waals surface area (Å²) in [6, 6.07) is 8.31. The summed E-state index contributed by atoms with van der Waals surface area (Å²) in [5.74, 6) is -1.20. The number of carbonyl (C=O) groups is 2. The van der Waals surface area contributed by atoms with E-state index in [9.17, 15) is 9.59 Å². The summed E-state index contributed by atoms with van der Waals surface area (Å²) in [7, 11) is 0. The van der Waals surface area contributed by atoms with Gasteiger partial charge in [0.15, 0.2) is 0 Å². The molecule has 1 rings (SSSR count). The Labute approximate surface area is 119 Å². The van der Waals surface area contributed by atoms with E-state index in [0.29, 0.717) is 5.69 Å². The zero-order valence-corrected chi connectivity index (χ0v) is 12.2. The molecular formula is C15H22N2O3. The minimum absolute atomic E-state index is 0.113. The molecular weight excluding hydrogens is 256 g/mol. The van der Waals surface area contributed by atoms with E-state index in [-0.39, 0.29) is 24.3 Å². The molecule has 0 unspecified atom stereocenters. The van der Waals surface area contributed by atoms with Crippen molar-refractivity contribution >= 4 is 17.6 Å². The average molecular weight is 278 g/mol. The first-order valence-electron chi connectivity index (χ1n) is 6.57. The number of hydrogen-bond acceptors (Lipinski definition) is 3. The average Bonchev–Trinajstić information content (AvgIpc) is 2.37. The maximum absolute atomic E-state index is 12.5. The third-order valence-electron chi connectivity index (χ3n) is 3.08. The highest BCUT2D eigenvalue weighted by Crippen LogP contribution is 2.22. The van der Waals surface area contributed by atoms with Gasteiger partial charge in [0.1, 0.15) is 0 Å². The van der Waals surface area contributed by atoms with Gasteiger partial charge in [-0.3, -0.25) is 9.59 Å². The molecule has 0 saturated carbocycles. The van der Waals surface area contributed by atoms with Crippen molar-refractivity contribution in [2.75, 3.05) is 11.4 Å². The number of rotatable bonds is 5. The fraction of sp³-hybridized carbons (Fsp3) is 0.467. The highest BCUT2D eigenvalue weighted by molar-refractivity contribution is 5.97. The monoisotopic (exact) mass is 278 g/mol. The molecule has 0 aliphatic rings. The Balaban J connectivity index is 2.99. The summed E-state index contributed by atoms with van der Waals surface area (Å²) in [6.07, 6.45) is -0.114. The van der Waals surface area contributed by atoms with E-state index in [4.69, 9.17) is 10.8 Å². The highest BCUT2D eigenvalue weighted by Gasteiger charge is 2.31. The van der Waals surface area contributed by atoms with Crippen molar-refractivity contribution in [1.82, 2.24) is 0 Å². The molecule has 1 aromatic carbocycles. The Morgan fingerprint density at radius 3 is 2.25 bits per heavy atom. The molecule has 0 fully saturated rings. The molecule has 3 N–H and O–H groups in total. The van der Waals surface area contributed by atoms with Crippen LogP contribution in [0.1, 0.15) is 27.2 Å². The lowest BCUT2D eigenvalue weighted by molar-refractivity contribution is -0.136. The van der Waals surface area contributed by atoms with Crippen LogP contribution in [0.2, 0.25) is 0 Å². The van der Waals surface area contributed by atoms with E-state index >= 15 is 0 Å². The number of hydrogen-bond donors (Lipinski definition) is 2. The maximum Gasteiger partial charge on any atom is 0.305 e. The van der Waals surface area contributed by atoms with Crippen LogP contribution in [0.15, 0.2) is 30.3 Å². The number of para-hydroxylation sites is 1. The van der Waals surface area contributed by atoms with E-state index in [1.807, 2.05) is 26.8 Å². The largest absolute Gasteiger partial charge is 0.481 e. The number of anilines is 1. The van der Waals surface area contributed by atoms with Crippen molar-refractivity contribution in [3.63, 3.8) is 0 Å². The predicted octanol–water partition coefficient (Wildman–Crippen LogP) is 1.87. The summed E-state index contributed by atoms with van der Waals surface area (Å²) in [5.41, 5.74) is 6.28. The second-order valence-corrected chi connectivity index (χ2v) is 5.81. The molecule has 0 heterocycles. The molecule has 20 heavy (non-hydrogen) atoms. The molecule has 0 aliphatic heterocycles. The van der Waals surface area contributed by atoms with Crippen LogP contribution < -0.4 is 10.6 Å². The van der Waals surface area contributed by atoms with Gasteiger partial charge in [0.05, 0.1) is 12.5 Å². The van der Waals surface area contributed by atoms with Crippen LogP contribution in [0.3, 0.4) is 0 Å². The van der Waals surface area contributed by atoms with Crippen molar-refractivity contribution in [2.45, 2.75) is 33.2 Å². The van der Waals surface area contributed by atoms with Gasteiger partial charge in [0, 0.05) is 12.2 Å². The van der Waals surface area contributed by atoms with Crippen molar-refractivity contribution in [3.8, 4) is 0 Å². The van der Waals surface area contributed by atoms with Crippen LogP contribution in [0.5, 0.6) is 0 Å². The Morgan fingerprint density at radius 2 is 1.80 bits per heavy atom. The first-order chi connectivity index (χ1) is 9.23. The second-order valence-electron chi connectivity index (χ2n) is 5.81. The quantitative estimate of drug-likeness (QED) is 0.861. The maximum atomic E-state index is 12.5. The van der Waals surface area contributed by atoms with Crippen molar-refractivity contribution in [2.24, 2.45) is 11.1 Å². The van der Waals surface area contributed by atoms with Crippen LogP contribution in [-0.4, -0.2) is 29.6 Å². The Bertz CT molecular complexity index is 466. The predicted molar refractivity (Wildman–Crippen MR) is 78.5 cm³/mol. The molecule has 1 atom stereocenters. The molecule has 5 nitrogen and oxygen atoms in total. The van der Waals surface area contributed by atoms with Gasteiger partial charge in [-0.1, -0.05) is 39.0 Å². The van der Waals surface area contributed by atoms with E-state index in [1.165, 1.54) is 4.90 Å². The molecule has 0 saturated heterocycles. The Hall–Kier alpha value is -1.88. The second kappa shape index (κ2) is 6.52. The molecule has 110 valence electrons. The Morgan fingerprint density at radius 1 is 1.25 bits per heavy atom. The van der Waals surface area contributed by atoms with Crippen LogP contribution in [0.4, 0.5) is 5.69 Å². The molecule has 0 radical (unpaired) electrons. The lowest BCUT2D eigenvalue weighted by atomic mass is 9.86. The number of amides is 1. The minimum atomic E-state index is -0.942. The lowest BCUT2D eigenvalue weighted by Crippen LogP contribution is -2.51. The topological polar surface area (TPSA) is 83.6 Å². The summed E-state index contributed by atoms with van der Waals surface area (Å²) >= 11 is 0. The zero-order chi connectivity index (χ0) is 15.3. The summed E-state index contributed by atoms with van der Waals surface area (Å²) in [4.78, 5) is 24.7. The summed E-state index contributed by atoms with van der Waals surface area (Å²) in [5, 5.41) is 8.82. The van der Waals surface area contributed by atoms with Crippen LogP contribution in [0.25, 0.3) is 0 Å². The number of aliphatic carboxylic acids is 1. The van der Waals surface area contributed by atoms with Crippen molar-refractivity contribution in [1.29, 1.82) is 0 Å². The first-order valence-corrected chi connectivity index (χ1v) is 6.57. The molecule has 1 aromatic rings. The molecule has 0 bridgehead atoms. The van der Waals surface area contributed by atoms with Crippen LogP contribution >= 0.6 is 0 Å². The third-order valence-corrected chi connectivity index (χ3v) is 3.08. The SMILES string of the molecule is CC(C)(C)[C@@H](N)C(=O)N(CCC(=O)O)c1ccccc1. The van der Waals surface area contributed by atoms with Gasteiger partial charge in [0.2, 0.25) is 5.91 Å². The van der Waals surface area contributed by atoms with Gasteiger partial charge in [-0.15, -0.1) is 0 Å². The zero-order valence-electron chi connectivity index (χ0n) is 12.2. The van der Waals surface area contributed by atoms with Gasteiger partial charge in [-0.2, -0.15) is 0 Å². The molecule has 5 heteroatoms. The van der Waals surface area contributed by atoms with Crippen LogP contribution in [0, 0.1) is 5.41 Å². The van der Waals surface area contributed by atoms with E-state index in [1.54, 1.807) is 24.3 Å². The molecule has 0 aliphatic carbocycles. The van der Waals surface area contributed by atoms with Gasteiger partial charge < -0.3 is 15.7 Å². The lowest BCUT2D eigenvalue weighted by Gasteiger charge is -2.32. The van der Waals surface area contributed by atoms with Gasteiger partial charge in [0.25, 0.3) is 0 Å². The summed E-state index contributed by atoms with van der Waals surface area (Å²) in [6.45, 7) is 5.77. The molecule has 0 spiro atoms. The summed E-state index contributed by atoms with van der Waals surface area (Å²) < 4.78 is 0. The van der Waals surface area contributed by atoms with Gasteiger partial charge >= 0.3 is 5.97 Å². The molecule has 0 aromatic heterocycles. The van der Waals surface area contributed by atoms with Gasteiger partial charge in [-0.25, -0.2) is 0 Å². The molecule has 1 amide bonds. The highest BCUT2D eigenvalue weighted by atomic mass is 16.4. The fourth-order valence-electron chi connectivity index (χ4n) is 1.72. The number of carbonyl (C=O) groups excluding carboxylic acids is 1. The fourth-order valence-corrected chi connectivity index (χ4v) is 1.72. The number of carboxylic acid groups (broad SMARTS) is 1. The van der Waals surface area contributed by atoms with E-state index < -0.39 is 12.0 Å². The van der Waals surface area contributed by atoms with Crippen LogP contribution in [-0.2, 0) is 9.59 Å².